The maximum atomic E-state index is 6.34. The van der Waals surface area contributed by atoms with E-state index in [0.29, 0.717) is 0 Å². The molecule has 90 valence electrons. The van der Waals surface area contributed by atoms with Gasteiger partial charge in [-0.3, -0.25) is 0 Å². The Morgan fingerprint density at radius 2 is 1.80 bits per heavy atom. The lowest BCUT2D eigenvalue weighted by atomic mass is 10.1. The zero-order valence-electron chi connectivity index (χ0n) is 11.6. The highest BCUT2D eigenvalue weighted by atomic mass is 28.4. The van der Waals surface area contributed by atoms with Gasteiger partial charge >= 0.3 is 0 Å². The van der Waals surface area contributed by atoms with Gasteiger partial charge in [0.05, 0.1) is 6.10 Å². The largest absolute Gasteiger partial charge is 0.410 e. The molecule has 0 rings (SSSR count). The van der Waals surface area contributed by atoms with Gasteiger partial charge in [-0.1, -0.05) is 46.3 Å². The van der Waals surface area contributed by atoms with Crippen LogP contribution in [0, 0.1) is 0 Å². The quantitative estimate of drug-likeness (QED) is 0.487. The van der Waals surface area contributed by atoms with E-state index in [9.17, 15) is 0 Å². The molecule has 0 saturated heterocycles. The van der Waals surface area contributed by atoms with Gasteiger partial charge in [0.15, 0.2) is 8.32 Å². The normalized spacial score (nSPS) is 15.1. The third-order valence-corrected chi connectivity index (χ3v) is 7.83. The molecule has 1 atom stereocenters. The van der Waals surface area contributed by atoms with Crippen LogP contribution in [0.15, 0.2) is 12.2 Å². The van der Waals surface area contributed by atoms with Crippen molar-refractivity contribution < 1.29 is 4.43 Å². The number of hydrogen-bond donors (Lipinski definition) is 0. The van der Waals surface area contributed by atoms with Crippen molar-refractivity contribution >= 4 is 8.32 Å². The molecule has 1 unspecified atom stereocenters. The van der Waals surface area contributed by atoms with Gasteiger partial charge in [0, 0.05) is 0 Å². The second kappa shape index (κ2) is 5.31. The highest BCUT2D eigenvalue weighted by molar-refractivity contribution is 6.74. The monoisotopic (exact) mass is 228 g/mol. The lowest BCUT2D eigenvalue weighted by molar-refractivity contribution is 0.203. The second-order valence-corrected chi connectivity index (χ2v) is 10.8. The highest BCUT2D eigenvalue weighted by Gasteiger charge is 2.38. The summed E-state index contributed by atoms with van der Waals surface area (Å²) in [5.41, 5.74) is 1.17. The summed E-state index contributed by atoms with van der Waals surface area (Å²) in [5, 5.41) is 0.286. The third-order valence-electron chi connectivity index (χ3n) is 3.34. The number of hydrogen-bond acceptors (Lipinski definition) is 1. The molecule has 0 amide bonds. The summed E-state index contributed by atoms with van der Waals surface area (Å²) in [6.45, 7) is 19.8. The van der Waals surface area contributed by atoms with Crippen LogP contribution in [0.4, 0.5) is 0 Å². The summed E-state index contributed by atoms with van der Waals surface area (Å²) < 4.78 is 6.34. The Kier molecular flexibility index (Phi) is 5.28. The summed E-state index contributed by atoms with van der Waals surface area (Å²) in [5.74, 6) is 0. The molecular formula is C13H28OSi. The van der Waals surface area contributed by atoms with E-state index < -0.39 is 8.32 Å². The zero-order chi connectivity index (χ0) is 12.3. The maximum absolute atomic E-state index is 6.34. The van der Waals surface area contributed by atoms with E-state index in [0.717, 1.165) is 12.8 Å². The predicted octanol–water partition coefficient (Wildman–Crippen LogP) is 4.75. The van der Waals surface area contributed by atoms with Crippen LogP contribution < -0.4 is 0 Å². The minimum Gasteiger partial charge on any atom is -0.410 e. The Morgan fingerprint density at radius 3 is 2.07 bits per heavy atom. The van der Waals surface area contributed by atoms with Gasteiger partial charge in [0.25, 0.3) is 0 Å². The molecule has 0 aromatic rings. The van der Waals surface area contributed by atoms with E-state index in [4.69, 9.17) is 4.43 Å². The summed E-state index contributed by atoms with van der Waals surface area (Å²) in [6.07, 6.45) is 2.52. The minimum absolute atomic E-state index is 0.260. The molecule has 0 fully saturated rings. The van der Waals surface area contributed by atoms with Crippen LogP contribution in [0.5, 0.6) is 0 Å². The van der Waals surface area contributed by atoms with Gasteiger partial charge in [0.1, 0.15) is 0 Å². The molecule has 0 aliphatic rings. The lowest BCUT2D eigenvalue weighted by Gasteiger charge is -2.39. The third kappa shape index (κ3) is 4.52. The van der Waals surface area contributed by atoms with Crippen molar-refractivity contribution in [3.05, 3.63) is 12.2 Å². The zero-order valence-corrected chi connectivity index (χ0v) is 12.6. The molecule has 0 radical (unpaired) electrons. The first-order valence-electron chi connectivity index (χ1n) is 5.95. The van der Waals surface area contributed by atoms with Gasteiger partial charge in [0.2, 0.25) is 0 Å². The SMILES string of the molecule is C=C(C)C(CCC)O[Si](C)(C)C(C)(C)C. The molecule has 0 aliphatic heterocycles. The Labute approximate surface area is 97.0 Å². The van der Waals surface area contributed by atoms with Crippen LogP contribution in [0.1, 0.15) is 47.5 Å². The first-order valence-corrected chi connectivity index (χ1v) is 8.86. The van der Waals surface area contributed by atoms with Crippen molar-refractivity contribution in [2.24, 2.45) is 0 Å². The van der Waals surface area contributed by atoms with Crippen molar-refractivity contribution in [3.8, 4) is 0 Å². The molecule has 0 heterocycles. The van der Waals surface area contributed by atoms with Gasteiger partial charge in [-0.05, 0) is 31.5 Å². The molecule has 0 aromatic carbocycles. The van der Waals surface area contributed by atoms with Crippen LogP contribution in [0.2, 0.25) is 18.1 Å². The van der Waals surface area contributed by atoms with Crippen LogP contribution in [0.25, 0.3) is 0 Å². The summed E-state index contributed by atoms with van der Waals surface area (Å²) >= 11 is 0. The van der Waals surface area contributed by atoms with E-state index in [2.05, 4.69) is 54.3 Å². The van der Waals surface area contributed by atoms with Crippen LogP contribution in [0.3, 0.4) is 0 Å². The van der Waals surface area contributed by atoms with Gasteiger partial charge < -0.3 is 4.43 Å². The molecule has 0 N–H and O–H groups in total. The van der Waals surface area contributed by atoms with Crippen molar-refractivity contribution in [3.63, 3.8) is 0 Å². The second-order valence-electron chi connectivity index (χ2n) is 6.00. The highest BCUT2D eigenvalue weighted by Crippen LogP contribution is 2.38. The Morgan fingerprint density at radius 1 is 1.33 bits per heavy atom. The van der Waals surface area contributed by atoms with Crippen LogP contribution in [-0.4, -0.2) is 14.4 Å². The van der Waals surface area contributed by atoms with E-state index in [1.54, 1.807) is 0 Å². The van der Waals surface area contributed by atoms with Gasteiger partial charge in [-0.15, -0.1) is 0 Å². The maximum Gasteiger partial charge on any atom is 0.192 e. The summed E-state index contributed by atoms with van der Waals surface area (Å²) in [6, 6.07) is 0. The molecule has 0 bridgehead atoms. The molecule has 15 heavy (non-hydrogen) atoms. The standard InChI is InChI=1S/C13H28OSi/c1-9-10-12(11(2)3)14-15(7,8)13(4,5)6/h12H,2,9-10H2,1,3-8H3. The molecule has 0 spiro atoms. The summed E-state index contributed by atoms with van der Waals surface area (Å²) in [4.78, 5) is 0. The van der Waals surface area contributed by atoms with Gasteiger partial charge in [-0.2, -0.15) is 0 Å². The molecule has 0 aliphatic carbocycles. The van der Waals surface area contributed by atoms with Crippen molar-refractivity contribution in [2.45, 2.75) is 71.7 Å². The predicted molar refractivity (Wildman–Crippen MR) is 71.8 cm³/mol. The van der Waals surface area contributed by atoms with Crippen molar-refractivity contribution in [2.75, 3.05) is 0 Å². The molecule has 1 nitrogen and oxygen atoms in total. The van der Waals surface area contributed by atoms with Crippen molar-refractivity contribution in [1.82, 2.24) is 0 Å². The fourth-order valence-electron chi connectivity index (χ4n) is 1.20. The van der Waals surface area contributed by atoms with E-state index in [1.807, 2.05) is 0 Å². The fraction of sp³-hybridized carbons (Fsp3) is 0.846. The average Bonchev–Trinajstić information content (AvgIpc) is 2.00. The molecule has 2 heteroatoms. The Balaban J connectivity index is 4.59. The molecule has 0 aromatic heterocycles. The number of rotatable bonds is 5. The molecular weight excluding hydrogens is 200 g/mol. The lowest BCUT2D eigenvalue weighted by Crippen LogP contribution is -2.44. The van der Waals surface area contributed by atoms with Crippen LogP contribution in [-0.2, 0) is 4.43 Å². The first-order chi connectivity index (χ1) is 6.62. The Hall–Kier alpha value is -0.0831. The van der Waals surface area contributed by atoms with E-state index in [-0.39, 0.29) is 11.1 Å². The smallest absolute Gasteiger partial charge is 0.192 e. The van der Waals surface area contributed by atoms with Gasteiger partial charge in [-0.25, -0.2) is 0 Å². The fourth-order valence-corrected chi connectivity index (χ4v) is 2.58. The Bertz CT molecular complexity index is 213. The average molecular weight is 228 g/mol. The van der Waals surface area contributed by atoms with E-state index in [1.165, 1.54) is 5.57 Å². The molecule has 0 saturated carbocycles. The summed E-state index contributed by atoms with van der Waals surface area (Å²) in [7, 11) is -1.63. The van der Waals surface area contributed by atoms with E-state index >= 15 is 0 Å². The minimum atomic E-state index is -1.63. The first kappa shape index (κ1) is 14.9. The van der Waals surface area contributed by atoms with Crippen molar-refractivity contribution in [1.29, 1.82) is 0 Å². The topological polar surface area (TPSA) is 9.23 Å². The van der Waals surface area contributed by atoms with Crippen LogP contribution >= 0.6 is 0 Å².